The second-order valence-electron chi connectivity index (χ2n) is 35.1. The molecular weight excluding hydrogens is 2380 g/mol. The minimum absolute atomic E-state index is 0.00600. The maximum absolute atomic E-state index is 14.9. The van der Waals surface area contributed by atoms with Crippen LogP contribution in [0.25, 0.3) is 33.8 Å². The van der Waals surface area contributed by atoms with Gasteiger partial charge in [0.15, 0.2) is 0 Å². The van der Waals surface area contributed by atoms with Crippen LogP contribution in [-0.4, -0.2) is 286 Å². The van der Waals surface area contributed by atoms with Crippen molar-refractivity contribution in [3.05, 3.63) is 227 Å². The monoisotopic (exact) mass is 2480 g/mol. The molecule has 730 valence electrons. The fourth-order valence-electron chi connectivity index (χ4n) is 14.8. The van der Waals surface area contributed by atoms with Gasteiger partial charge in [-0.1, -0.05) is 23.7 Å². The number of hydrogen-bond donors (Lipinski definition) is 5. The number of epoxide rings is 1. The number of carbonyl (C=O) groups excluding carboxylic acids is 5. The quantitative estimate of drug-likeness (QED) is 0.0144. The molecule has 3 aromatic carbocycles. The number of ether oxygens (including phenoxy) is 10. The van der Waals surface area contributed by atoms with Gasteiger partial charge in [-0.05, 0) is 211 Å². The van der Waals surface area contributed by atoms with E-state index >= 15 is 0 Å². The maximum atomic E-state index is 14.9. The number of carbonyl (C=O) groups is 5. The van der Waals surface area contributed by atoms with Crippen molar-refractivity contribution < 1.29 is 105 Å². The summed E-state index contributed by atoms with van der Waals surface area (Å²) in [5.74, 6) is -3.07. The summed E-state index contributed by atoms with van der Waals surface area (Å²) in [5.41, 5.74) is 0.297. The van der Waals surface area contributed by atoms with Crippen LogP contribution < -0.4 is 3.71 Å². The molecule has 48 heteroatoms. The van der Waals surface area contributed by atoms with E-state index < -0.39 is 113 Å². The number of nitrogens with one attached hydrogen (secondary N) is 1. The Bertz CT molecular complexity index is 6200. The van der Waals surface area contributed by atoms with Crippen LogP contribution in [0.5, 0.6) is 0 Å². The number of amides is 4. The van der Waals surface area contributed by atoms with Crippen molar-refractivity contribution in [3.8, 4) is 45.9 Å². The van der Waals surface area contributed by atoms with Crippen LogP contribution in [0, 0.1) is 59.2 Å². The number of aromatic nitrogens is 14. The normalized spacial score (nSPS) is 21.9. The number of aromatic amines is 1. The summed E-state index contributed by atoms with van der Waals surface area (Å²) in [5, 5.41) is 96.6. The first kappa shape index (κ1) is 106. The fraction of sp³-hybridized carbons (Fsp3) is 0.411. The van der Waals surface area contributed by atoms with E-state index in [-0.39, 0.29) is 123 Å². The Balaban J connectivity index is 0.000000141. The zero-order valence-electron chi connectivity index (χ0n) is 75.6. The molecule has 138 heavy (non-hydrogen) atoms. The second kappa shape index (κ2) is 46.9. The molecule has 11 aromatic rings. The molecule has 8 aromatic heterocycles. The van der Waals surface area contributed by atoms with Gasteiger partial charge in [0.05, 0.1) is 172 Å². The number of rotatable bonds is 12. The summed E-state index contributed by atoms with van der Waals surface area (Å²) in [6.45, 7) is 15.6. The molecule has 0 spiro atoms. The molecule has 7 saturated heterocycles. The molecule has 12 atom stereocenters. The molecule has 40 nitrogen and oxygen atoms in total. The molecule has 5 N–H and O–H groups in total. The minimum atomic E-state index is -2.05. The third-order valence-electron chi connectivity index (χ3n) is 21.7. The summed E-state index contributed by atoms with van der Waals surface area (Å²) < 4.78 is 95.2. The Hall–Kier alpha value is -9.62. The average molecular weight is 2480 g/mol. The number of aliphatic hydroxyl groups excluding tert-OH is 4. The van der Waals surface area contributed by atoms with E-state index in [0.29, 0.717) is 76.3 Å². The first-order chi connectivity index (χ1) is 65.6. The number of benzene rings is 3. The van der Waals surface area contributed by atoms with Crippen molar-refractivity contribution in [3.63, 3.8) is 0 Å². The number of hydrogen-bond acceptors (Lipinski definition) is 31. The van der Waals surface area contributed by atoms with Gasteiger partial charge in [-0.2, -0.15) is 36.0 Å². The van der Waals surface area contributed by atoms with Crippen LogP contribution in [0.3, 0.4) is 0 Å². The van der Waals surface area contributed by atoms with Crippen molar-refractivity contribution in [2.45, 2.75) is 154 Å². The van der Waals surface area contributed by atoms with Crippen molar-refractivity contribution >= 4 is 160 Å². The molecule has 4 amide bonds. The Kier molecular flexibility index (Phi) is 35.9. The third-order valence-corrected chi connectivity index (χ3v) is 29.5. The Labute approximate surface area is 852 Å². The van der Waals surface area contributed by atoms with E-state index in [2.05, 4.69) is 157 Å². The summed E-state index contributed by atoms with van der Waals surface area (Å²) in [6, 6.07) is 30.9. The molecule has 9 aliphatic rings. The number of pyridine rings is 2. The molecule has 20 rings (SSSR count). The Morgan fingerprint density at radius 3 is 1.32 bits per heavy atom. The molecule has 7 fully saturated rings. The molecule has 0 bridgehead atoms. The second-order valence-corrected chi connectivity index (χ2v) is 54.3. The summed E-state index contributed by atoms with van der Waals surface area (Å²) >= 11 is 12.7. The number of nitro benzene ring substituents is 1. The molecule has 9 aliphatic heterocycles. The molecule has 0 radical (unpaired) electrons. The zero-order chi connectivity index (χ0) is 99.4. The predicted octanol–water partition coefficient (Wildman–Crippen LogP) is 11.9. The van der Waals surface area contributed by atoms with Gasteiger partial charge in [0.1, 0.15) is 94.7 Å². The summed E-state index contributed by atoms with van der Waals surface area (Å²) in [6.07, 6.45) is 7.80. The summed E-state index contributed by atoms with van der Waals surface area (Å²) in [7, 11) is 0. The number of aliphatic hydroxyl groups is 4. The van der Waals surface area contributed by atoms with Gasteiger partial charge in [-0.15, -0.1) is 0 Å². The van der Waals surface area contributed by atoms with E-state index in [1.165, 1.54) is 76.5 Å². The molecule has 0 aliphatic carbocycles. The van der Waals surface area contributed by atoms with Gasteiger partial charge in [0.25, 0.3) is 17.5 Å². The van der Waals surface area contributed by atoms with Gasteiger partial charge in [0.2, 0.25) is 0 Å². The van der Waals surface area contributed by atoms with E-state index in [1.54, 1.807) is 78.7 Å². The molecular formula is C90H96ClF2I4N19O21Sn. The number of imide groups is 2. The SMILES string of the molecule is C1OCC2OC12.CC(C)(C)OC(=O)N1Cc2nc(-c3c(F)cccc3C#N)cc(-c3ccn(C4COC[C@@H]4O)n3)c2C1=O.CC(C)(C)OC(=O)N1Cc2nc(-c3c(F)cccc3C#N)cc(Cl)c2C1=O.Ic1ccn[nH]1.O=C(O[C@@H]1COC[C@@H]1n1ccc(I)n1)c1ccc([N+](=O)[O-])cc1.O[C@@H]1COC[C@@H]1n1ccc(I)n1.O[C@H]1COC[C@@H]1n1ccc(I)n1.[CH3][Sn]([CH3])([CH3])[c]1ccn([C@H]2COC[C@H]2O)n1. The first-order valence-corrected chi connectivity index (χ1v) is 57.7. The van der Waals surface area contributed by atoms with Crippen LogP contribution in [0.2, 0.25) is 19.8 Å². The topological polar surface area (TPSA) is 503 Å². The van der Waals surface area contributed by atoms with E-state index in [1.807, 2.05) is 65.9 Å². The van der Waals surface area contributed by atoms with Gasteiger partial charge in [-0.3, -0.25) is 43.5 Å². The molecule has 3 unspecified atom stereocenters. The predicted molar refractivity (Wildman–Crippen MR) is 524 cm³/mol. The zero-order valence-corrected chi connectivity index (χ0v) is 87.8. The van der Waals surface area contributed by atoms with Crippen LogP contribution >= 0.6 is 102 Å². The van der Waals surface area contributed by atoms with Crippen molar-refractivity contribution in [2.24, 2.45) is 0 Å². The van der Waals surface area contributed by atoms with Gasteiger partial charge in [-0.25, -0.2) is 42.9 Å². The average Bonchev–Trinajstić information content (AvgIpc) is 1.59. The van der Waals surface area contributed by atoms with Crippen LogP contribution in [0.4, 0.5) is 24.1 Å². The van der Waals surface area contributed by atoms with E-state index in [4.69, 9.17) is 59.0 Å². The third kappa shape index (κ3) is 27.2. The number of fused-ring (bicyclic) bond motifs is 3. The Morgan fingerprint density at radius 1 is 0.529 bits per heavy atom. The van der Waals surface area contributed by atoms with Crippen LogP contribution in [0.1, 0.15) is 125 Å². The molecule has 17 heterocycles. The number of halogens is 7. The molecule has 0 saturated carbocycles. The summed E-state index contributed by atoms with van der Waals surface area (Å²) in [4.78, 5) is 91.0. The van der Waals surface area contributed by atoms with Gasteiger partial charge in [0, 0.05) is 48.7 Å². The van der Waals surface area contributed by atoms with Crippen LogP contribution in [-0.2, 0) is 60.5 Å². The number of H-pyrrole nitrogens is 1. The standard InChI is InChI=1S/C26H24FN5O5.C19H15ClFN3O3.C14H12IN3O5.2C7H9IN2O2.C7H9N2O2.C4H6O2.C3H3IN2.3CH3.Sn/c1-26(2,3)37-25(35)31-11-19-23(24(31)34)15(17-7-8-32(30-17)20-12-36-13-21(20)33)9-18(29-19)22-14(10-28)5-4-6-16(22)27;1-19(2,3)27-18(26)24-9-14-16(17(24)25)11(20)7-13(23-14)15-10(8-22)5-4-6-12(15)21;15-13-5-6-17(16-13)11-7-22-8-12(11)23-14(19)9-1-3-10(4-2-9)18(20)21;2*8-7-1-2-10(9-7)5-3-12-4-6(5)11;10-7-5-11-4-6(7)9-3-1-2-8-9;1-3-4(6-3)2-5-1;4-3-1-2-5-6-3;;;;/h4-9,20-21,33H,11-13H2,1-3H3;4-7H,9H2,1-3H3;1-6,11-12H,7-8H2;2*1-2,5-6,11H,3-4H2;1,3,6-7,10H,4-5H2;3-4H,1-2H2;1-2H,(H,5,6);3*1H3;/t20?,21-;;11-,12+;5-,6+;5-,6-;6-,7+;;;;;;/m0.0000....../s1. The van der Waals surface area contributed by atoms with Gasteiger partial charge < -0.3 is 58.0 Å². The van der Waals surface area contributed by atoms with Gasteiger partial charge >= 0.3 is 112 Å². The first-order valence-electron chi connectivity index (χ1n) is 43.0. The van der Waals surface area contributed by atoms with E-state index in [9.17, 15) is 73.8 Å². The van der Waals surface area contributed by atoms with Crippen molar-refractivity contribution in [2.75, 3.05) is 79.3 Å². The van der Waals surface area contributed by atoms with E-state index in [0.717, 1.165) is 37.8 Å². The fourth-order valence-corrected chi connectivity index (χ4v) is 19.4. The number of nitro groups is 1. The Morgan fingerprint density at radius 2 is 0.942 bits per heavy atom. The van der Waals surface area contributed by atoms with Crippen molar-refractivity contribution in [1.82, 2.24) is 78.9 Å². The van der Waals surface area contributed by atoms with Crippen LogP contribution in [0.15, 0.2) is 146 Å². The van der Waals surface area contributed by atoms with Crippen molar-refractivity contribution in [1.29, 1.82) is 10.5 Å². The number of nitrogens with zero attached hydrogens (tertiary/aromatic N) is 18. The number of esters is 1. The number of nitriles is 2. The number of non-ortho nitro benzene ring substituents is 1.